The molecule has 1 saturated heterocycles. The maximum absolute atomic E-state index is 11.4. The first-order valence-electron chi connectivity index (χ1n) is 8.51. The highest BCUT2D eigenvalue weighted by Crippen LogP contribution is 2.33. The van der Waals surface area contributed by atoms with E-state index in [1.807, 2.05) is 18.2 Å². The van der Waals surface area contributed by atoms with Gasteiger partial charge in [0.2, 0.25) is 0 Å². The van der Waals surface area contributed by atoms with Crippen molar-refractivity contribution in [2.45, 2.75) is 19.3 Å². The van der Waals surface area contributed by atoms with Crippen LogP contribution < -0.4 is 16.0 Å². The first-order valence-corrected chi connectivity index (χ1v) is 9.70. The minimum absolute atomic E-state index is 0.391. The Morgan fingerprint density at radius 1 is 1.38 bits per heavy atom. The van der Waals surface area contributed by atoms with Gasteiger partial charge in [-0.05, 0) is 43.4 Å². The maximum atomic E-state index is 11.4. The van der Waals surface area contributed by atoms with E-state index in [0.717, 1.165) is 47.7 Å². The third kappa shape index (κ3) is 4.98. The summed E-state index contributed by atoms with van der Waals surface area (Å²) in [5, 5.41) is 4.39. The molecule has 0 aliphatic carbocycles. The van der Waals surface area contributed by atoms with Crippen LogP contribution >= 0.6 is 22.9 Å². The summed E-state index contributed by atoms with van der Waals surface area (Å²) in [5.74, 6) is -0.115. The number of anilines is 1. The Bertz CT molecular complexity index is 789. The Kier molecular flexibility index (Phi) is 6.16. The monoisotopic (exact) mass is 396 g/mol. The fraction of sp³-hybridized carbons (Fsp3) is 0.471. The average Bonchev–Trinajstić information content (AvgIpc) is 3.03. The normalized spacial score (nSPS) is 15.2. The van der Waals surface area contributed by atoms with Gasteiger partial charge in [-0.15, -0.1) is 0 Å². The second kappa shape index (κ2) is 8.55. The number of hydrogen-bond acceptors (Lipinski definition) is 6. The van der Waals surface area contributed by atoms with Crippen LogP contribution in [0.25, 0.3) is 10.2 Å². The van der Waals surface area contributed by atoms with Crippen molar-refractivity contribution in [1.82, 2.24) is 10.3 Å². The van der Waals surface area contributed by atoms with Gasteiger partial charge in [0.1, 0.15) is 0 Å². The number of primary amides is 1. The summed E-state index contributed by atoms with van der Waals surface area (Å²) >= 11 is 7.72. The van der Waals surface area contributed by atoms with Crippen molar-refractivity contribution in [2.75, 3.05) is 31.1 Å². The van der Waals surface area contributed by atoms with Gasteiger partial charge < -0.3 is 20.7 Å². The molecule has 3 rings (SSSR count). The molecule has 7 nitrogen and oxygen atoms in total. The number of nitrogens with one attached hydrogen (secondary N) is 1. The number of halogens is 1. The van der Waals surface area contributed by atoms with Gasteiger partial charge in [0, 0.05) is 24.7 Å². The standard InChI is InChI=1S/C17H21ClN4O3S/c18-12-1-2-14-13(9-12)21-16(26-14)22-7-4-11(5-8-22)3-6-20-17(24)25-10-15(19)23/h1-2,9,11H,3-8,10H2,(H2,19,23)(H,20,24). The van der Waals surface area contributed by atoms with Crippen LogP contribution in [0, 0.1) is 5.92 Å². The van der Waals surface area contributed by atoms with Gasteiger partial charge >= 0.3 is 6.09 Å². The van der Waals surface area contributed by atoms with Gasteiger partial charge in [0.15, 0.2) is 11.7 Å². The number of aromatic nitrogens is 1. The fourth-order valence-corrected chi connectivity index (χ4v) is 4.17. The number of carbonyl (C=O) groups excluding carboxylic acids is 2. The highest BCUT2D eigenvalue weighted by molar-refractivity contribution is 7.22. The predicted octanol–water partition coefficient (Wildman–Crippen LogP) is 2.77. The van der Waals surface area contributed by atoms with E-state index in [1.165, 1.54) is 0 Å². The number of piperidine rings is 1. The molecule has 0 unspecified atom stereocenters. The Labute approximate surface area is 160 Å². The number of rotatable bonds is 6. The second-order valence-electron chi connectivity index (χ2n) is 6.30. The molecule has 2 aromatic rings. The third-order valence-corrected chi connectivity index (χ3v) is 5.72. The number of alkyl carbamates (subject to hydrolysis) is 1. The van der Waals surface area contributed by atoms with Crippen LogP contribution in [0.4, 0.5) is 9.93 Å². The van der Waals surface area contributed by atoms with Gasteiger partial charge in [0.25, 0.3) is 5.91 Å². The zero-order valence-corrected chi connectivity index (χ0v) is 15.8. The summed E-state index contributed by atoms with van der Waals surface area (Å²) < 4.78 is 5.80. The molecule has 1 aliphatic heterocycles. The van der Waals surface area contributed by atoms with Gasteiger partial charge in [-0.2, -0.15) is 0 Å². The van der Waals surface area contributed by atoms with Crippen LogP contribution in [0.15, 0.2) is 18.2 Å². The highest BCUT2D eigenvalue weighted by Gasteiger charge is 2.21. The number of nitrogens with two attached hydrogens (primary N) is 1. The van der Waals surface area contributed by atoms with Crippen molar-refractivity contribution < 1.29 is 14.3 Å². The summed E-state index contributed by atoms with van der Waals surface area (Å²) in [5.41, 5.74) is 5.86. The Hall–Kier alpha value is -2.06. The molecular formula is C17H21ClN4O3S. The number of nitrogens with zero attached hydrogens (tertiary/aromatic N) is 2. The molecule has 140 valence electrons. The molecule has 0 bridgehead atoms. The van der Waals surface area contributed by atoms with Gasteiger partial charge in [-0.3, -0.25) is 4.79 Å². The molecule has 2 heterocycles. The smallest absolute Gasteiger partial charge is 0.407 e. The number of ether oxygens (including phenoxy) is 1. The Balaban J connectivity index is 1.42. The Morgan fingerprint density at radius 3 is 2.88 bits per heavy atom. The van der Waals surface area contributed by atoms with E-state index in [2.05, 4.69) is 15.0 Å². The number of thiazole rings is 1. The lowest BCUT2D eigenvalue weighted by Crippen LogP contribution is -2.35. The molecule has 2 amide bonds. The molecule has 0 spiro atoms. The molecule has 0 radical (unpaired) electrons. The lowest BCUT2D eigenvalue weighted by atomic mass is 9.94. The first-order chi connectivity index (χ1) is 12.5. The highest BCUT2D eigenvalue weighted by atomic mass is 35.5. The molecule has 1 aliphatic rings. The Morgan fingerprint density at radius 2 is 2.15 bits per heavy atom. The summed E-state index contributed by atoms with van der Waals surface area (Å²) in [6.45, 7) is 2.04. The van der Waals surface area contributed by atoms with Crippen LogP contribution in [0.2, 0.25) is 5.02 Å². The van der Waals surface area contributed by atoms with Gasteiger partial charge in [-0.25, -0.2) is 9.78 Å². The first kappa shape index (κ1) is 18.7. The summed E-state index contributed by atoms with van der Waals surface area (Å²) in [6.07, 6.45) is 2.38. The molecular weight excluding hydrogens is 376 g/mol. The van der Waals surface area contributed by atoms with Crippen molar-refractivity contribution in [3.05, 3.63) is 23.2 Å². The van der Waals surface area contributed by atoms with E-state index >= 15 is 0 Å². The lowest BCUT2D eigenvalue weighted by molar-refractivity contribution is -0.120. The molecule has 1 fully saturated rings. The fourth-order valence-electron chi connectivity index (χ4n) is 3.00. The summed E-state index contributed by atoms with van der Waals surface area (Å²) in [4.78, 5) is 28.9. The largest absolute Gasteiger partial charge is 0.439 e. The van der Waals surface area contributed by atoms with Crippen molar-refractivity contribution in [3.8, 4) is 0 Å². The number of fused-ring (bicyclic) bond motifs is 1. The minimum Gasteiger partial charge on any atom is -0.439 e. The van der Waals surface area contributed by atoms with E-state index in [4.69, 9.17) is 22.3 Å². The van der Waals surface area contributed by atoms with Crippen LogP contribution in [-0.4, -0.2) is 43.2 Å². The SMILES string of the molecule is NC(=O)COC(=O)NCCC1CCN(c2nc3cc(Cl)ccc3s2)CC1. The number of carbonyl (C=O) groups is 2. The van der Waals surface area contributed by atoms with Crippen LogP contribution in [-0.2, 0) is 9.53 Å². The lowest BCUT2D eigenvalue weighted by Gasteiger charge is -2.31. The van der Waals surface area contributed by atoms with Crippen molar-refractivity contribution in [2.24, 2.45) is 11.7 Å². The summed E-state index contributed by atoms with van der Waals surface area (Å²) in [6, 6.07) is 5.79. The predicted molar refractivity (Wildman–Crippen MR) is 103 cm³/mol. The van der Waals surface area contributed by atoms with Crippen molar-refractivity contribution in [1.29, 1.82) is 0 Å². The van der Waals surface area contributed by atoms with Crippen LogP contribution in [0.1, 0.15) is 19.3 Å². The van der Waals surface area contributed by atoms with Crippen LogP contribution in [0.3, 0.4) is 0 Å². The van der Waals surface area contributed by atoms with E-state index in [-0.39, 0.29) is 0 Å². The number of hydrogen-bond donors (Lipinski definition) is 2. The molecule has 1 aromatic carbocycles. The summed E-state index contributed by atoms with van der Waals surface area (Å²) in [7, 11) is 0. The molecule has 0 saturated carbocycles. The maximum Gasteiger partial charge on any atom is 0.407 e. The molecule has 0 atom stereocenters. The molecule has 1 aromatic heterocycles. The van der Waals surface area contributed by atoms with Crippen molar-refractivity contribution >= 4 is 50.3 Å². The topological polar surface area (TPSA) is 97.6 Å². The zero-order chi connectivity index (χ0) is 18.5. The minimum atomic E-state index is -0.662. The third-order valence-electron chi connectivity index (χ3n) is 4.39. The molecule has 9 heteroatoms. The van der Waals surface area contributed by atoms with Crippen LogP contribution in [0.5, 0.6) is 0 Å². The second-order valence-corrected chi connectivity index (χ2v) is 7.74. The van der Waals surface area contributed by atoms with E-state index in [0.29, 0.717) is 17.5 Å². The van der Waals surface area contributed by atoms with Gasteiger partial charge in [-0.1, -0.05) is 22.9 Å². The van der Waals surface area contributed by atoms with Crippen molar-refractivity contribution in [3.63, 3.8) is 0 Å². The average molecular weight is 397 g/mol. The zero-order valence-electron chi connectivity index (χ0n) is 14.2. The van der Waals surface area contributed by atoms with E-state index < -0.39 is 18.6 Å². The van der Waals surface area contributed by atoms with E-state index in [1.54, 1.807) is 11.3 Å². The molecule has 26 heavy (non-hydrogen) atoms. The van der Waals surface area contributed by atoms with E-state index in [9.17, 15) is 9.59 Å². The molecule has 3 N–H and O–H groups in total. The van der Waals surface area contributed by atoms with Gasteiger partial charge in [0.05, 0.1) is 10.2 Å². The number of benzene rings is 1. The quantitative estimate of drug-likeness (QED) is 0.782. The number of amides is 2.